The number of methoxy groups -OCH3 is 2. The number of aromatic nitrogens is 1. The summed E-state index contributed by atoms with van der Waals surface area (Å²) >= 11 is 0. The Balaban J connectivity index is 1.35. The molecular formula is C23H22N2O6. The maximum atomic E-state index is 12.5. The predicted octanol–water partition coefficient (Wildman–Crippen LogP) is 3.46. The molecule has 8 nitrogen and oxygen atoms in total. The normalized spacial score (nSPS) is 15.7. The Bertz CT molecular complexity index is 1080. The minimum absolute atomic E-state index is 0.0255. The van der Waals surface area contributed by atoms with Gasteiger partial charge < -0.3 is 23.6 Å². The average Bonchev–Trinajstić information content (AvgIpc) is 3.44. The van der Waals surface area contributed by atoms with Crippen molar-refractivity contribution in [1.82, 2.24) is 5.16 Å². The zero-order valence-electron chi connectivity index (χ0n) is 17.2. The fourth-order valence-electron chi connectivity index (χ4n) is 3.43. The van der Waals surface area contributed by atoms with E-state index in [0.717, 1.165) is 11.3 Å². The zero-order chi connectivity index (χ0) is 21.8. The molecule has 0 spiro atoms. The number of anilines is 1. The quantitative estimate of drug-likeness (QED) is 0.539. The summed E-state index contributed by atoms with van der Waals surface area (Å²) in [5, 5.41) is 3.96. The number of nitrogens with zero attached hydrogens (tertiary/aromatic N) is 2. The van der Waals surface area contributed by atoms with Gasteiger partial charge in [0.25, 0.3) is 0 Å². The molecule has 1 atom stereocenters. The number of esters is 1. The number of hydrogen-bond donors (Lipinski definition) is 0. The molecule has 0 saturated carbocycles. The number of carbonyl (C=O) groups is 2. The van der Waals surface area contributed by atoms with Gasteiger partial charge >= 0.3 is 5.97 Å². The van der Waals surface area contributed by atoms with Crippen LogP contribution in [0.3, 0.4) is 0 Å². The summed E-state index contributed by atoms with van der Waals surface area (Å²) in [6, 6.07) is 16.2. The lowest BCUT2D eigenvalue weighted by Gasteiger charge is -2.17. The summed E-state index contributed by atoms with van der Waals surface area (Å²) in [7, 11) is 3.17. The van der Waals surface area contributed by atoms with E-state index >= 15 is 0 Å². The molecule has 0 bridgehead atoms. The average molecular weight is 422 g/mol. The zero-order valence-corrected chi connectivity index (χ0v) is 17.2. The largest absolute Gasteiger partial charge is 0.497 e. The van der Waals surface area contributed by atoms with E-state index in [1.165, 1.54) is 0 Å². The summed E-state index contributed by atoms with van der Waals surface area (Å²) in [4.78, 5) is 26.5. The highest BCUT2D eigenvalue weighted by Crippen LogP contribution is 2.29. The molecule has 1 aromatic heterocycles. The van der Waals surface area contributed by atoms with Crippen LogP contribution in [0.4, 0.5) is 5.69 Å². The Kier molecular flexibility index (Phi) is 5.88. The third-order valence-electron chi connectivity index (χ3n) is 5.12. The monoisotopic (exact) mass is 422 g/mol. The molecule has 8 heteroatoms. The lowest BCUT2D eigenvalue weighted by molar-refractivity contribution is -0.149. The van der Waals surface area contributed by atoms with Gasteiger partial charge in [-0.25, -0.2) is 0 Å². The van der Waals surface area contributed by atoms with E-state index in [4.69, 9.17) is 18.7 Å². The molecule has 0 N–H and O–H groups in total. The Morgan fingerprint density at radius 2 is 1.87 bits per heavy atom. The molecule has 1 fully saturated rings. The molecule has 2 heterocycles. The summed E-state index contributed by atoms with van der Waals surface area (Å²) in [5.41, 5.74) is 2.02. The van der Waals surface area contributed by atoms with Crippen molar-refractivity contribution >= 4 is 17.6 Å². The number of ether oxygens (including phenoxy) is 3. The highest BCUT2D eigenvalue weighted by molar-refractivity contribution is 5.99. The van der Waals surface area contributed by atoms with Crippen LogP contribution >= 0.6 is 0 Å². The van der Waals surface area contributed by atoms with E-state index in [1.54, 1.807) is 43.4 Å². The van der Waals surface area contributed by atoms with Crippen LogP contribution in [0, 0.1) is 5.92 Å². The smallest absolute Gasteiger partial charge is 0.311 e. The van der Waals surface area contributed by atoms with Gasteiger partial charge in [-0.3, -0.25) is 9.59 Å². The van der Waals surface area contributed by atoms with Crippen LogP contribution in [0.15, 0.2) is 59.1 Å². The first-order valence-corrected chi connectivity index (χ1v) is 9.78. The van der Waals surface area contributed by atoms with E-state index in [1.807, 2.05) is 30.3 Å². The van der Waals surface area contributed by atoms with Gasteiger partial charge in [0.2, 0.25) is 5.91 Å². The minimum Gasteiger partial charge on any atom is -0.497 e. The van der Waals surface area contributed by atoms with Gasteiger partial charge in [0.15, 0.2) is 5.76 Å². The Hall–Kier alpha value is -3.81. The maximum Gasteiger partial charge on any atom is 0.311 e. The molecule has 4 rings (SSSR count). The highest BCUT2D eigenvalue weighted by atomic mass is 16.5. The summed E-state index contributed by atoms with van der Waals surface area (Å²) in [6.45, 7) is 0.239. The molecule has 1 aliphatic heterocycles. The Labute approximate surface area is 179 Å². The van der Waals surface area contributed by atoms with Crippen LogP contribution in [0.5, 0.6) is 11.5 Å². The van der Waals surface area contributed by atoms with Crippen molar-refractivity contribution in [2.45, 2.75) is 13.0 Å². The topological polar surface area (TPSA) is 91.1 Å². The van der Waals surface area contributed by atoms with Gasteiger partial charge in [0.1, 0.15) is 23.8 Å². The number of amides is 1. The van der Waals surface area contributed by atoms with Gasteiger partial charge in [-0.15, -0.1) is 0 Å². The molecule has 0 aliphatic carbocycles. The lowest BCUT2D eigenvalue weighted by atomic mass is 10.1. The van der Waals surface area contributed by atoms with E-state index in [2.05, 4.69) is 5.16 Å². The van der Waals surface area contributed by atoms with Crippen LogP contribution < -0.4 is 14.4 Å². The first kappa shape index (κ1) is 20.5. The number of hydrogen-bond acceptors (Lipinski definition) is 7. The van der Waals surface area contributed by atoms with Crippen LogP contribution in [0.2, 0.25) is 0 Å². The SMILES string of the molecule is COc1ccc(-c2cc(COC(=O)C3CC(=O)N(c4cccc(OC)c4)C3)no2)cc1. The van der Waals surface area contributed by atoms with E-state index in [9.17, 15) is 9.59 Å². The second-order valence-electron chi connectivity index (χ2n) is 7.13. The fourth-order valence-corrected chi connectivity index (χ4v) is 3.43. The Morgan fingerprint density at radius 1 is 1.10 bits per heavy atom. The van der Waals surface area contributed by atoms with Crippen molar-refractivity contribution in [2.75, 3.05) is 25.7 Å². The standard InChI is InChI=1S/C23H22N2O6/c1-28-19-8-6-15(7-9-19)21-11-17(24-31-21)14-30-23(27)16-10-22(26)25(13-16)18-4-3-5-20(12-18)29-2/h3-9,11-12,16H,10,13-14H2,1-2H3. The van der Waals surface area contributed by atoms with Crippen molar-refractivity contribution in [2.24, 2.45) is 5.92 Å². The van der Waals surface area contributed by atoms with E-state index < -0.39 is 11.9 Å². The summed E-state index contributed by atoms with van der Waals surface area (Å²) in [6.07, 6.45) is 0.103. The number of carbonyl (C=O) groups excluding carboxylic acids is 2. The van der Waals surface area contributed by atoms with Crippen LogP contribution in [-0.4, -0.2) is 37.8 Å². The molecule has 160 valence electrons. The van der Waals surface area contributed by atoms with Gasteiger partial charge in [0.05, 0.1) is 20.1 Å². The number of rotatable bonds is 7. The molecule has 2 aromatic carbocycles. The first-order chi connectivity index (χ1) is 15.1. The third-order valence-corrected chi connectivity index (χ3v) is 5.12. The van der Waals surface area contributed by atoms with Crippen LogP contribution in [-0.2, 0) is 20.9 Å². The van der Waals surface area contributed by atoms with Crippen LogP contribution in [0.1, 0.15) is 12.1 Å². The third kappa shape index (κ3) is 4.53. The minimum atomic E-state index is -0.535. The van der Waals surface area contributed by atoms with E-state index in [0.29, 0.717) is 22.9 Å². The van der Waals surface area contributed by atoms with Crippen molar-refractivity contribution in [1.29, 1.82) is 0 Å². The van der Waals surface area contributed by atoms with Crippen molar-refractivity contribution < 1.29 is 28.3 Å². The Morgan fingerprint density at radius 3 is 2.61 bits per heavy atom. The van der Waals surface area contributed by atoms with E-state index in [-0.39, 0.29) is 25.5 Å². The van der Waals surface area contributed by atoms with Gasteiger partial charge in [-0.2, -0.15) is 0 Å². The molecule has 1 aliphatic rings. The molecular weight excluding hydrogens is 400 g/mol. The van der Waals surface area contributed by atoms with Gasteiger partial charge in [0, 0.05) is 36.3 Å². The second-order valence-corrected chi connectivity index (χ2v) is 7.13. The second kappa shape index (κ2) is 8.91. The van der Waals surface area contributed by atoms with Crippen molar-refractivity contribution in [3.8, 4) is 22.8 Å². The summed E-state index contributed by atoms with van der Waals surface area (Å²) < 4.78 is 21.1. The lowest BCUT2D eigenvalue weighted by Crippen LogP contribution is -2.26. The molecule has 1 amide bonds. The first-order valence-electron chi connectivity index (χ1n) is 9.78. The molecule has 1 saturated heterocycles. The van der Waals surface area contributed by atoms with Crippen molar-refractivity contribution in [3.63, 3.8) is 0 Å². The highest BCUT2D eigenvalue weighted by Gasteiger charge is 2.36. The number of benzene rings is 2. The maximum absolute atomic E-state index is 12.5. The van der Waals surface area contributed by atoms with Gasteiger partial charge in [-0.05, 0) is 36.4 Å². The fraction of sp³-hybridized carbons (Fsp3) is 0.261. The predicted molar refractivity (Wildman–Crippen MR) is 112 cm³/mol. The molecule has 1 unspecified atom stereocenters. The van der Waals surface area contributed by atoms with Crippen molar-refractivity contribution in [3.05, 3.63) is 60.3 Å². The van der Waals surface area contributed by atoms with Crippen LogP contribution in [0.25, 0.3) is 11.3 Å². The molecule has 3 aromatic rings. The molecule has 31 heavy (non-hydrogen) atoms. The van der Waals surface area contributed by atoms with Gasteiger partial charge in [-0.1, -0.05) is 11.2 Å². The summed E-state index contributed by atoms with van der Waals surface area (Å²) in [5.74, 6) is 0.855. The molecule has 0 radical (unpaired) electrons.